The summed E-state index contributed by atoms with van der Waals surface area (Å²) in [5.41, 5.74) is 11.8. The molecule has 0 spiro atoms. The Morgan fingerprint density at radius 2 is 0.778 bits per heavy atom. The minimum absolute atomic E-state index is 1.12. The second kappa shape index (κ2) is 10.1. The van der Waals surface area contributed by atoms with Crippen molar-refractivity contribution < 1.29 is 0 Å². The molecule has 2 nitrogen and oxygen atoms in total. The van der Waals surface area contributed by atoms with Gasteiger partial charge in [-0.25, -0.2) is 0 Å². The van der Waals surface area contributed by atoms with Gasteiger partial charge in [0.1, 0.15) is 0 Å². The molecule has 36 heavy (non-hydrogen) atoms. The van der Waals surface area contributed by atoms with Gasteiger partial charge >= 0.3 is 0 Å². The van der Waals surface area contributed by atoms with Crippen molar-refractivity contribution in [3.8, 4) is 0 Å². The predicted molar refractivity (Wildman–Crippen MR) is 155 cm³/mol. The van der Waals surface area contributed by atoms with Gasteiger partial charge in [-0.3, -0.25) is 0 Å². The van der Waals surface area contributed by atoms with Crippen LogP contribution < -0.4 is 9.80 Å². The smallest absolute Gasteiger partial charge is 0.0490 e. The van der Waals surface area contributed by atoms with E-state index in [1.807, 2.05) is 0 Å². The molecule has 0 atom stereocenters. The molecule has 0 amide bonds. The number of rotatable bonds is 6. The van der Waals surface area contributed by atoms with Gasteiger partial charge in [0.2, 0.25) is 0 Å². The summed E-state index contributed by atoms with van der Waals surface area (Å²) in [6.07, 6.45) is 0. The van der Waals surface area contributed by atoms with Gasteiger partial charge in [0, 0.05) is 34.1 Å². The van der Waals surface area contributed by atoms with Crippen molar-refractivity contribution in [3.63, 3.8) is 0 Å². The number of hydrogen-bond donors (Lipinski definition) is 0. The average molecular weight is 469 g/mol. The lowest BCUT2D eigenvalue weighted by Crippen LogP contribution is -2.14. The van der Waals surface area contributed by atoms with Crippen molar-refractivity contribution in [3.05, 3.63) is 144 Å². The Kier molecular flexibility index (Phi) is 6.60. The largest absolute Gasteiger partial charge is 0.310 e. The van der Waals surface area contributed by atoms with E-state index < -0.39 is 0 Å². The molecule has 5 aromatic carbocycles. The van der Waals surface area contributed by atoms with Crippen LogP contribution in [0, 0.1) is 27.7 Å². The maximum absolute atomic E-state index is 2.35. The Balaban J connectivity index is 1.67. The fourth-order valence-electron chi connectivity index (χ4n) is 4.54. The van der Waals surface area contributed by atoms with Crippen LogP contribution in [0.15, 0.2) is 121 Å². The van der Waals surface area contributed by atoms with Crippen molar-refractivity contribution >= 4 is 34.1 Å². The molecular weight excluding hydrogens is 436 g/mol. The average Bonchev–Trinajstić information content (AvgIpc) is 2.89. The highest BCUT2D eigenvalue weighted by Crippen LogP contribution is 2.41. The van der Waals surface area contributed by atoms with E-state index in [4.69, 9.17) is 0 Å². The molecule has 0 saturated heterocycles. The molecule has 0 bridgehead atoms. The van der Waals surface area contributed by atoms with Crippen LogP contribution in [0.3, 0.4) is 0 Å². The Hall–Kier alpha value is -4.30. The van der Waals surface area contributed by atoms with E-state index in [1.165, 1.54) is 27.9 Å². The number of anilines is 6. The maximum atomic E-state index is 2.35. The molecule has 0 aliphatic rings. The Bertz CT molecular complexity index is 1400. The standard InChI is InChI=1S/C34H32N2/c1-25-12-18-29(19-13-25)35(30-20-14-26(2)15-21-30)32-9-7-10-33(24-32)36(31-22-16-27(3)17-23-31)34-11-6-5-8-28(34)4/h5-24H,1-4H3. The topological polar surface area (TPSA) is 6.48 Å². The third kappa shape index (κ3) is 4.89. The first kappa shape index (κ1) is 23.4. The Morgan fingerprint density at radius 3 is 1.25 bits per heavy atom. The molecule has 0 fully saturated rings. The first-order valence-corrected chi connectivity index (χ1v) is 12.5. The highest BCUT2D eigenvalue weighted by Gasteiger charge is 2.18. The van der Waals surface area contributed by atoms with Gasteiger partial charge in [0.05, 0.1) is 0 Å². The highest BCUT2D eigenvalue weighted by atomic mass is 15.2. The lowest BCUT2D eigenvalue weighted by atomic mass is 10.1. The molecule has 0 saturated carbocycles. The van der Waals surface area contributed by atoms with Crippen molar-refractivity contribution in [2.24, 2.45) is 0 Å². The summed E-state index contributed by atoms with van der Waals surface area (Å²) in [6.45, 7) is 8.55. The highest BCUT2D eigenvalue weighted by molar-refractivity contribution is 5.83. The molecule has 0 aliphatic carbocycles. The number of hydrogen-bond acceptors (Lipinski definition) is 2. The SMILES string of the molecule is Cc1ccc(N(c2ccc(C)cc2)c2cccc(N(c3ccc(C)cc3)c3ccccc3C)c2)cc1. The second-order valence-electron chi connectivity index (χ2n) is 9.48. The van der Waals surface area contributed by atoms with Gasteiger partial charge in [-0.2, -0.15) is 0 Å². The quantitative estimate of drug-likeness (QED) is 0.245. The summed E-state index contributed by atoms with van der Waals surface area (Å²) in [5.74, 6) is 0. The zero-order chi connectivity index (χ0) is 25.1. The van der Waals surface area contributed by atoms with Crippen LogP contribution in [0.5, 0.6) is 0 Å². The molecule has 5 aromatic rings. The molecule has 0 heterocycles. The van der Waals surface area contributed by atoms with Crippen LogP contribution in [0.4, 0.5) is 34.1 Å². The van der Waals surface area contributed by atoms with E-state index in [0.29, 0.717) is 0 Å². The molecule has 0 N–H and O–H groups in total. The zero-order valence-electron chi connectivity index (χ0n) is 21.4. The van der Waals surface area contributed by atoms with Crippen LogP contribution in [0.25, 0.3) is 0 Å². The Morgan fingerprint density at radius 1 is 0.361 bits per heavy atom. The van der Waals surface area contributed by atoms with Crippen LogP contribution in [0.2, 0.25) is 0 Å². The zero-order valence-corrected chi connectivity index (χ0v) is 21.4. The minimum atomic E-state index is 1.12. The molecule has 178 valence electrons. The second-order valence-corrected chi connectivity index (χ2v) is 9.48. The van der Waals surface area contributed by atoms with E-state index in [2.05, 4.69) is 159 Å². The monoisotopic (exact) mass is 468 g/mol. The predicted octanol–water partition coefficient (Wildman–Crippen LogP) is 9.86. The Labute approximate surface area is 215 Å². The summed E-state index contributed by atoms with van der Waals surface area (Å²) in [5, 5.41) is 0. The molecule has 0 unspecified atom stereocenters. The van der Waals surface area contributed by atoms with Crippen LogP contribution >= 0.6 is 0 Å². The molecule has 0 aliphatic heterocycles. The van der Waals surface area contributed by atoms with E-state index in [9.17, 15) is 0 Å². The third-order valence-corrected chi connectivity index (χ3v) is 6.58. The van der Waals surface area contributed by atoms with E-state index in [0.717, 1.165) is 28.4 Å². The summed E-state index contributed by atoms with van der Waals surface area (Å²) < 4.78 is 0. The van der Waals surface area contributed by atoms with E-state index >= 15 is 0 Å². The number of benzene rings is 5. The molecule has 0 aromatic heterocycles. The summed E-state index contributed by atoms with van der Waals surface area (Å²) >= 11 is 0. The van der Waals surface area contributed by atoms with Gasteiger partial charge < -0.3 is 9.80 Å². The number of para-hydroxylation sites is 1. The van der Waals surface area contributed by atoms with Gasteiger partial charge in [-0.1, -0.05) is 77.4 Å². The number of nitrogens with zero attached hydrogens (tertiary/aromatic N) is 2. The number of aryl methyl sites for hydroxylation is 4. The molecule has 0 radical (unpaired) electrons. The third-order valence-electron chi connectivity index (χ3n) is 6.58. The summed E-state index contributed by atoms with van der Waals surface area (Å²) in [7, 11) is 0. The minimum Gasteiger partial charge on any atom is -0.310 e. The van der Waals surface area contributed by atoms with Crippen molar-refractivity contribution in [2.45, 2.75) is 27.7 Å². The van der Waals surface area contributed by atoms with Gasteiger partial charge in [-0.15, -0.1) is 0 Å². The molecular formula is C34H32N2. The fraction of sp³-hybridized carbons (Fsp3) is 0.118. The normalized spacial score (nSPS) is 10.8. The van der Waals surface area contributed by atoms with Gasteiger partial charge in [0.15, 0.2) is 0 Å². The lowest BCUT2D eigenvalue weighted by molar-refractivity contribution is 1.23. The maximum Gasteiger partial charge on any atom is 0.0490 e. The fourth-order valence-corrected chi connectivity index (χ4v) is 4.54. The van der Waals surface area contributed by atoms with Crippen LogP contribution in [-0.2, 0) is 0 Å². The van der Waals surface area contributed by atoms with Gasteiger partial charge in [-0.05, 0) is 93.9 Å². The van der Waals surface area contributed by atoms with E-state index in [1.54, 1.807) is 0 Å². The van der Waals surface area contributed by atoms with Crippen molar-refractivity contribution in [1.29, 1.82) is 0 Å². The van der Waals surface area contributed by atoms with Crippen molar-refractivity contribution in [1.82, 2.24) is 0 Å². The van der Waals surface area contributed by atoms with Gasteiger partial charge in [0.25, 0.3) is 0 Å². The molecule has 5 rings (SSSR count). The summed E-state index contributed by atoms with van der Waals surface area (Å²) in [4.78, 5) is 4.67. The summed E-state index contributed by atoms with van der Waals surface area (Å²) in [6, 6.07) is 43.6. The molecule has 2 heteroatoms. The van der Waals surface area contributed by atoms with Crippen LogP contribution in [0.1, 0.15) is 22.3 Å². The lowest BCUT2D eigenvalue weighted by Gasteiger charge is -2.30. The van der Waals surface area contributed by atoms with Crippen molar-refractivity contribution in [2.75, 3.05) is 9.80 Å². The van der Waals surface area contributed by atoms with Crippen LogP contribution in [-0.4, -0.2) is 0 Å². The van der Waals surface area contributed by atoms with E-state index in [-0.39, 0.29) is 0 Å². The first-order chi connectivity index (χ1) is 17.5. The first-order valence-electron chi connectivity index (χ1n) is 12.5.